The first-order valence-electron chi connectivity index (χ1n) is 9.96. The summed E-state index contributed by atoms with van der Waals surface area (Å²) in [5.74, 6) is 0.191. The second-order valence-electron chi connectivity index (χ2n) is 8.17. The van der Waals surface area contributed by atoms with Crippen LogP contribution in [0.25, 0.3) is 0 Å². The van der Waals surface area contributed by atoms with Gasteiger partial charge in [0.2, 0.25) is 5.91 Å². The fraction of sp³-hybridized carbons (Fsp3) is 0.571. The van der Waals surface area contributed by atoms with Gasteiger partial charge in [-0.3, -0.25) is 14.4 Å². The summed E-state index contributed by atoms with van der Waals surface area (Å²) in [5, 5.41) is 12.1. The third kappa shape index (κ3) is 4.15. The molecule has 0 spiro atoms. The minimum absolute atomic E-state index is 0.0782. The van der Waals surface area contributed by atoms with Crippen LogP contribution >= 0.6 is 0 Å². The van der Waals surface area contributed by atoms with E-state index in [1.165, 1.54) is 25.7 Å². The smallest absolute Gasteiger partial charge is 0.306 e. The van der Waals surface area contributed by atoms with Crippen molar-refractivity contribution in [1.82, 2.24) is 4.90 Å². The molecule has 0 unspecified atom stereocenters. The van der Waals surface area contributed by atoms with Crippen LogP contribution in [0.1, 0.15) is 48.9 Å². The van der Waals surface area contributed by atoms with Crippen LogP contribution in [0.4, 0.5) is 5.69 Å². The van der Waals surface area contributed by atoms with Crippen LogP contribution in [0, 0.1) is 23.7 Å². The molecule has 1 aliphatic heterocycles. The van der Waals surface area contributed by atoms with Gasteiger partial charge in [-0.05, 0) is 74.6 Å². The number of anilines is 1. The molecule has 0 atom stereocenters. The number of nitrogens with one attached hydrogen (secondary N) is 1. The van der Waals surface area contributed by atoms with Crippen LogP contribution in [0.5, 0.6) is 0 Å². The standard InChI is InChI=1S/C21H26N2O4/c24-19(18(13-1-2-13)14-3-4-14)22-17-7-5-15(6-8-17)20(25)23-11-9-16(10-12-23)21(26)27/h5-8,13-14,16,18H,1-4,9-12H2,(H,22,24)(H,26,27). The summed E-state index contributed by atoms with van der Waals surface area (Å²) in [7, 11) is 0. The van der Waals surface area contributed by atoms with Gasteiger partial charge in [0.25, 0.3) is 5.91 Å². The number of benzene rings is 1. The lowest BCUT2D eigenvalue weighted by Gasteiger charge is -2.30. The number of piperidine rings is 1. The number of hydrogen-bond donors (Lipinski definition) is 2. The van der Waals surface area contributed by atoms with E-state index >= 15 is 0 Å². The van der Waals surface area contributed by atoms with Crippen LogP contribution in [-0.4, -0.2) is 40.9 Å². The molecule has 6 nitrogen and oxygen atoms in total. The number of carboxylic acids is 1. The quantitative estimate of drug-likeness (QED) is 0.806. The van der Waals surface area contributed by atoms with Gasteiger partial charge in [-0.1, -0.05) is 0 Å². The zero-order chi connectivity index (χ0) is 19.0. The summed E-state index contributed by atoms with van der Waals surface area (Å²) in [4.78, 5) is 37.9. The summed E-state index contributed by atoms with van der Waals surface area (Å²) in [6.45, 7) is 0.942. The van der Waals surface area contributed by atoms with E-state index in [2.05, 4.69) is 5.32 Å². The fourth-order valence-electron chi connectivity index (χ4n) is 4.16. The Kier molecular flexibility index (Phi) is 4.89. The van der Waals surface area contributed by atoms with Gasteiger partial charge in [-0.25, -0.2) is 0 Å². The Hall–Kier alpha value is -2.37. The van der Waals surface area contributed by atoms with E-state index < -0.39 is 5.97 Å². The number of amides is 2. The number of carboxylic acid groups (broad SMARTS) is 1. The van der Waals surface area contributed by atoms with Crippen molar-refractivity contribution in [2.45, 2.75) is 38.5 Å². The Morgan fingerprint density at radius 3 is 1.96 bits per heavy atom. The molecule has 4 rings (SSSR count). The second kappa shape index (κ2) is 7.33. The van der Waals surface area contributed by atoms with Crippen LogP contribution in [0.15, 0.2) is 24.3 Å². The maximum atomic E-state index is 12.6. The molecule has 0 radical (unpaired) electrons. The molecule has 2 amide bonds. The Bertz CT molecular complexity index is 717. The molecule has 6 heteroatoms. The molecule has 2 saturated carbocycles. The molecule has 1 heterocycles. The predicted molar refractivity (Wildman–Crippen MR) is 100 cm³/mol. The fourth-order valence-corrected chi connectivity index (χ4v) is 4.16. The SMILES string of the molecule is O=C(O)C1CCN(C(=O)c2ccc(NC(=O)C(C3CC3)C3CC3)cc2)CC1. The third-order valence-electron chi connectivity index (χ3n) is 6.09. The van der Waals surface area contributed by atoms with E-state index in [0.29, 0.717) is 43.3 Å². The van der Waals surface area contributed by atoms with Crippen molar-refractivity contribution in [3.8, 4) is 0 Å². The van der Waals surface area contributed by atoms with Gasteiger partial charge in [-0.2, -0.15) is 0 Å². The third-order valence-corrected chi connectivity index (χ3v) is 6.09. The summed E-state index contributed by atoms with van der Waals surface area (Å²) in [6.07, 6.45) is 5.67. The predicted octanol–water partition coefficient (Wildman–Crippen LogP) is 3.00. The highest BCUT2D eigenvalue weighted by Gasteiger charge is 2.45. The molecule has 2 aliphatic carbocycles. The van der Waals surface area contributed by atoms with E-state index in [1.807, 2.05) is 0 Å². The summed E-state index contributed by atoms with van der Waals surface area (Å²) in [5.41, 5.74) is 1.30. The maximum Gasteiger partial charge on any atom is 0.306 e. The van der Waals surface area contributed by atoms with E-state index in [4.69, 9.17) is 5.11 Å². The van der Waals surface area contributed by atoms with E-state index in [1.54, 1.807) is 29.2 Å². The monoisotopic (exact) mass is 370 g/mol. The van der Waals surface area contributed by atoms with E-state index in [9.17, 15) is 14.4 Å². The Morgan fingerprint density at radius 2 is 1.48 bits per heavy atom. The van der Waals surface area contributed by atoms with Gasteiger partial charge in [0.15, 0.2) is 0 Å². The van der Waals surface area contributed by atoms with Crippen molar-refractivity contribution in [3.63, 3.8) is 0 Å². The van der Waals surface area contributed by atoms with Crippen molar-refractivity contribution < 1.29 is 19.5 Å². The minimum Gasteiger partial charge on any atom is -0.481 e. The first kappa shape index (κ1) is 18.0. The highest BCUT2D eigenvalue weighted by atomic mass is 16.4. The topological polar surface area (TPSA) is 86.7 Å². The van der Waals surface area contributed by atoms with Crippen molar-refractivity contribution in [3.05, 3.63) is 29.8 Å². The van der Waals surface area contributed by atoms with Crippen LogP contribution in [0.3, 0.4) is 0 Å². The van der Waals surface area contributed by atoms with Crippen molar-refractivity contribution in [1.29, 1.82) is 0 Å². The number of carbonyl (C=O) groups is 3. The number of likely N-dealkylation sites (tertiary alicyclic amines) is 1. The number of carbonyl (C=O) groups excluding carboxylic acids is 2. The number of aliphatic carboxylic acids is 1. The van der Waals surface area contributed by atoms with Crippen LogP contribution in [-0.2, 0) is 9.59 Å². The summed E-state index contributed by atoms with van der Waals surface area (Å²) < 4.78 is 0. The lowest BCUT2D eigenvalue weighted by Crippen LogP contribution is -2.40. The minimum atomic E-state index is -0.780. The Labute approximate surface area is 158 Å². The molecule has 3 aliphatic rings. The lowest BCUT2D eigenvalue weighted by molar-refractivity contribution is -0.143. The Balaban J connectivity index is 1.34. The molecule has 0 bridgehead atoms. The lowest BCUT2D eigenvalue weighted by atomic mass is 9.96. The average molecular weight is 370 g/mol. The van der Waals surface area contributed by atoms with Crippen LogP contribution in [0.2, 0.25) is 0 Å². The highest BCUT2D eigenvalue weighted by molar-refractivity contribution is 5.96. The molecule has 2 N–H and O–H groups in total. The Morgan fingerprint density at radius 1 is 0.926 bits per heavy atom. The highest BCUT2D eigenvalue weighted by Crippen LogP contribution is 2.49. The zero-order valence-corrected chi connectivity index (χ0v) is 15.4. The van der Waals surface area contributed by atoms with Gasteiger partial charge < -0.3 is 15.3 Å². The number of rotatable bonds is 6. The molecular weight excluding hydrogens is 344 g/mol. The van der Waals surface area contributed by atoms with E-state index in [-0.39, 0.29) is 23.7 Å². The molecule has 27 heavy (non-hydrogen) atoms. The molecule has 1 aromatic rings. The van der Waals surface area contributed by atoms with Crippen molar-refractivity contribution in [2.24, 2.45) is 23.7 Å². The normalized spacial score (nSPS) is 20.6. The molecule has 144 valence electrons. The second-order valence-corrected chi connectivity index (χ2v) is 8.17. The van der Waals surface area contributed by atoms with Gasteiger partial charge in [-0.15, -0.1) is 0 Å². The van der Waals surface area contributed by atoms with Gasteiger partial charge in [0.1, 0.15) is 0 Å². The van der Waals surface area contributed by atoms with Gasteiger partial charge in [0.05, 0.1) is 5.92 Å². The first-order chi connectivity index (χ1) is 13.0. The molecular formula is C21H26N2O4. The molecule has 1 saturated heterocycles. The van der Waals surface area contributed by atoms with Crippen LogP contribution < -0.4 is 5.32 Å². The van der Waals surface area contributed by atoms with E-state index in [0.717, 1.165) is 5.69 Å². The summed E-state index contributed by atoms with van der Waals surface area (Å²) >= 11 is 0. The van der Waals surface area contributed by atoms with Gasteiger partial charge >= 0.3 is 5.97 Å². The first-order valence-corrected chi connectivity index (χ1v) is 9.96. The molecule has 3 fully saturated rings. The van der Waals surface area contributed by atoms with Gasteiger partial charge in [0, 0.05) is 30.3 Å². The van der Waals surface area contributed by atoms with Crippen molar-refractivity contribution in [2.75, 3.05) is 18.4 Å². The largest absolute Gasteiger partial charge is 0.481 e. The molecule has 1 aromatic carbocycles. The molecule has 0 aromatic heterocycles. The average Bonchev–Trinajstić information content (AvgIpc) is 3.58. The maximum absolute atomic E-state index is 12.6. The summed E-state index contributed by atoms with van der Waals surface area (Å²) in [6, 6.07) is 7.05. The number of hydrogen-bond acceptors (Lipinski definition) is 3. The zero-order valence-electron chi connectivity index (χ0n) is 15.4. The number of nitrogens with zero attached hydrogens (tertiary/aromatic N) is 1. The van der Waals surface area contributed by atoms with Crippen molar-refractivity contribution >= 4 is 23.5 Å².